The molecule has 0 aliphatic heterocycles. The van der Waals surface area contributed by atoms with Gasteiger partial charge in [0.05, 0.1) is 40.3 Å². The molecule has 0 heterocycles. The van der Waals surface area contributed by atoms with Crippen molar-refractivity contribution in [3.8, 4) is 0 Å². The number of esters is 2. The predicted octanol–water partition coefficient (Wildman–Crippen LogP) is 12.0. The van der Waals surface area contributed by atoms with E-state index in [1.807, 2.05) is 58.9 Å². The van der Waals surface area contributed by atoms with E-state index in [9.17, 15) is 19.7 Å². The number of nitrogens with zero attached hydrogens (tertiary/aromatic N) is 2. The number of nitro groups is 1. The summed E-state index contributed by atoms with van der Waals surface area (Å²) in [5.74, 6) is -0.550. The maximum absolute atomic E-state index is 13.3. The number of carbonyl (C=O) groups excluding carboxylic acids is 2. The zero-order chi connectivity index (χ0) is 39.7. The van der Waals surface area contributed by atoms with E-state index in [4.69, 9.17) is 9.47 Å². The lowest BCUT2D eigenvalue weighted by molar-refractivity contribution is -0.384. The molecule has 0 aliphatic carbocycles. The van der Waals surface area contributed by atoms with Gasteiger partial charge in [-0.05, 0) is 83.4 Å². The molecular weight excluding hydrogens is 681 g/mol. The fourth-order valence-corrected chi connectivity index (χ4v) is 6.86. The number of benzene rings is 2. The molecule has 0 saturated heterocycles. The minimum atomic E-state index is -0.848. The van der Waals surface area contributed by atoms with Gasteiger partial charge in [0, 0.05) is 24.4 Å². The average molecular weight is 753 g/mol. The predicted molar refractivity (Wildman–Crippen MR) is 223 cm³/mol. The van der Waals surface area contributed by atoms with Crippen molar-refractivity contribution in [1.29, 1.82) is 0 Å². The van der Waals surface area contributed by atoms with Crippen molar-refractivity contribution >= 4 is 34.7 Å². The molecule has 2 aromatic rings. The first kappa shape index (κ1) is 46.3. The Morgan fingerprint density at radius 3 is 1.54 bits per heavy atom. The van der Waals surface area contributed by atoms with Crippen molar-refractivity contribution in [2.24, 2.45) is 10.8 Å². The van der Waals surface area contributed by atoms with E-state index in [-0.39, 0.29) is 24.2 Å². The molecule has 10 nitrogen and oxygen atoms in total. The number of likely N-dealkylation sites (N-methyl/N-ethyl adjacent to an activating group) is 1. The van der Waals surface area contributed by atoms with E-state index in [0.717, 1.165) is 30.8 Å². The largest absolute Gasteiger partial charge is 0.465 e. The monoisotopic (exact) mass is 753 g/mol. The van der Waals surface area contributed by atoms with E-state index < -0.39 is 15.8 Å². The van der Waals surface area contributed by atoms with Gasteiger partial charge >= 0.3 is 11.9 Å². The van der Waals surface area contributed by atoms with Crippen LogP contribution in [0.1, 0.15) is 157 Å². The lowest BCUT2D eigenvalue weighted by Gasteiger charge is -2.34. The molecule has 2 rings (SSSR count). The lowest BCUT2D eigenvalue weighted by Crippen LogP contribution is -2.39. The third-order valence-electron chi connectivity index (χ3n) is 10.5. The van der Waals surface area contributed by atoms with Crippen LogP contribution in [-0.4, -0.2) is 43.2 Å². The highest BCUT2D eigenvalue weighted by molar-refractivity contribution is 5.80. The quantitative estimate of drug-likeness (QED) is 0.0335. The summed E-state index contributed by atoms with van der Waals surface area (Å²) in [6, 6.07) is 14.0. The van der Waals surface area contributed by atoms with E-state index in [0.29, 0.717) is 31.7 Å². The number of hydrogen-bond donors (Lipinski definition) is 2. The van der Waals surface area contributed by atoms with Crippen molar-refractivity contribution in [3.63, 3.8) is 0 Å². The number of nitro benzene ring substituents is 1. The Balaban J connectivity index is 1.64. The van der Waals surface area contributed by atoms with E-state index in [1.54, 1.807) is 12.1 Å². The Bertz CT molecular complexity index is 1330. The Hall–Kier alpha value is -3.82. The minimum Gasteiger partial charge on any atom is -0.465 e. The third-order valence-corrected chi connectivity index (χ3v) is 10.5. The maximum Gasteiger partial charge on any atom is 0.311 e. The first-order valence-electron chi connectivity index (χ1n) is 20.9. The first-order chi connectivity index (χ1) is 26.0. The van der Waals surface area contributed by atoms with Gasteiger partial charge in [0.2, 0.25) is 0 Å². The van der Waals surface area contributed by atoms with Crippen molar-refractivity contribution in [3.05, 3.63) is 58.6 Å². The second kappa shape index (κ2) is 26.1. The topological polar surface area (TPSA) is 123 Å². The molecule has 54 heavy (non-hydrogen) atoms. The Morgan fingerprint density at radius 2 is 1.09 bits per heavy atom. The zero-order valence-corrected chi connectivity index (χ0v) is 34.5. The van der Waals surface area contributed by atoms with Crippen LogP contribution in [-0.2, 0) is 19.1 Å². The van der Waals surface area contributed by atoms with Crippen LogP contribution >= 0.6 is 0 Å². The molecule has 2 N–H and O–H groups in total. The molecule has 0 amide bonds. The van der Waals surface area contributed by atoms with E-state index in [2.05, 4.69) is 22.7 Å². The number of carbonyl (C=O) groups is 2. The van der Waals surface area contributed by atoms with Crippen molar-refractivity contribution in [2.45, 2.75) is 157 Å². The van der Waals surface area contributed by atoms with Crippen LogP contribution in [0.25, 0.3) is 0 Å². The van der Waals surface area contributed by atoms with Crippen LogP contribution in [0.5, 0.6) is 0 Å². The van der Waals surface area contributed by atoms with Gasteiger partial charge in [0.1, 0.15) is 6.61 Å². The molecule has 304 valence electrons. The number of non-ortho nitro benzene ring substituents is 1. The number of nitrogens with one attached hydrogen (secondary N) is 2. The smallest absolute Gasteiger partial charge is 0.311 e. The molecular formula is C44H72N4O6. The van der Waals surface area contributed by atoms with Crippen LogP contribution < -0.4 is 15.8 Å². The standard InChI is InChI=1S/C44H72N4O6/c1-7-10-11-12-13-14-15-16-17-18-19-20-21-22-23-24-34-53-42(50)44(6,8-2)36-43(4,5)41(49)54-35-33-47(9-3)39-29-25-37(26-30-39)45-46-38-27-31-40(32-28-38)48(51)52/h25-32,45-46H,7-24,33-36H2,1-6H3. The maximum atomic E-state index is 13.3. The fraction of sp³-hybridized carbons (Fsp3) is 0.682. The summed E-state index contributed by atoms with van der Waals surface area (Å²) >= 11 is 0. The van der Waals surface area contributed by atoms with Crippen molar-refractivity contribution in [1.82, 2.24) is 0 Å². The summed E-state index contributed by atoms with van der Waals surface area (Å²) < 4.78 is 11.5. The van der Waals surface area contributed by atoms with Gasteiger partial charge in [0.25, 0.3) is 5.69 Å². The average Bonchev–Trinajstić information content (AvgIpc) is 3.16. The zero-order valence-electron chi connectivity index (χ0n) is 34.5. The molecule has 0 bridgehead atoms. The van der Waals surface area contributed by atoms with Gasteiger partial charge in [-0.3, -0.25) is 19.7 Å². The summed E-state index contributed by atoms with van der Waals surface area (Å²) in [5, 5.41) is 10.9. The number of anilines is 3. The summed E-state index contributed by atoms with van der Waals surface area (Å²) in [5.41, 5.74) is 7.06. The molecule has 10 heteroatoms. The summed E-state index contributed by atoms with van der Waals surface area (Å²) in [4.78, 5) is 39.0. The number of unbranched alkanes of at least 4 members (excludes halogenated alkanes) is 15. The molecule has 0 saturated carbocycles. The van der Waals surface area contributed by atoms with Crippen molar-refractivity contribution in [2.75, 3.05) is 42.1 Å². The molecule has 0 aliphatic rings. The molecule has 0 radical (unpaired) electrons. The van der Waals surface area contributed by atoms with Crippen LogP contribution in [0.15, 0.2) is 48.5 Å². The highest BCUT2D eigenvalue weighted by Gasteiger charge is 2.43. The van der Waals surface area contributed by atoms with Crippen LogP contribution in [0.3, 0.4) is 0 Å². The number of hydrogen-bond acceptors (Lipinski definition) is 9. The van der Waals surface area contributed by atoms with E-state index >= 15 is 0 Å². The number of rotatable bonds is 31. The Morgan fingerprint density at radius 1 is 0.648 bits per heavy atom. The van der Waals surface area contributed by atoms with Crippen molar-refractivity contribution < 1.29 is 24.0 Å². The molecule has 2 aromatic carbocycles. The lowest BCUT2D eigenvalue weighted by atomic mass is 9.72. The summed E-state index contributed by atoms with van der Waals surface area (Å²) in [6.45, 7) is 13.8. The van der Waals surface area contributed by atoms with Gasteiger partial charge in [-0.15, -0.1) is 0 Å². The molecule has 1 unspecified atom stereocenters. The second-order valence-corrected chi connectivity index (χ2v) is 15.7. The Labute approximate surface area is 326 Å². The van der Waals surface area contributed by atoms with Gasteiger partial charge < -0.3 is 25.2 Å². The summed E-state index contributed by atoms with van der Waals surface area (Å²) in [7, 11) is 0. The first-order valence-corrected chi connectivity index (χ1v) is 20.9. The van der Waals surface area contributed by atoms with Gasteiger partial charge in [-0.2, -0.15) is 0 Å². The molecule has 0 fully saturated rings. The molecule has 0 spiro atoms. The van der Waals surface area contributed by atoms with E-state index in [1.165, 1.54) is 102 Å². The number of hydrazine groups is 1. The molecule has 1 atom stereocenters. The van der Waals surface area contributed by atoms with Crippen LogP contribution in [0.4, 0.5) is 22.7 Å². The Kier molecular flexibility index (Phi) is 22.4. The highest BCUT2D eigenvalue weighted by Crippen LogP contribution is 2.38. The second-order valence-electron chi connectivity index (χ2n) is 15.7. The number of ether oxygens (including phenoxy) is 2. The van der Waals surface area contributed by atoms with Crippen LogP contribution in [0, 0.1) is 20.9 Å². The highest BCUT2D eigenvalue weighted by atomic mass is 16.6. The van der Waals surface area contributed by atoms with Gasteiger partial charge in [-0.25, -0.2) is 0 Å². The third kappa shape index (κ3) is 18.0. The summed E-state index contributed by atoms with van der Waals surface area (Å²) in [6.07, 6.45) is 21.8. The van der Waals surface area contributed by atoms with Gasteiger partial charge in [0.15, 0.2) is 0 Å². The van der Waals surface area contributed by atoms with Crippen LogP contribution in [0.2, 0.25) is 0 Å². The SMILES string of the molecule is CCCCCCCCCCCCCCCCCCOC(=O)C(C)(CC)CC(C)(C)C(=O)OCCN(CC)c1ccc(NNc2ccc([N+](=O)[O-])cc2)cc1. The molecule has 0 aromatic heterocycles. The van der Waals surface area contributed by atoms with Gasteiger partial charge in [-0.1, -0.05) is 110 Å². The minimum absolute atomic E-state index is 0.0361. The normalized spacial score (nSPS) is 12.5. The fourth-order valence-electron chi connectivity index (χ4n) is 6.86.